The molecule has 0 aliphatic heterocycles. The summed E-state index contributed by atoms with van der Waals surface area (Å²) in [6.45, 7) is 0.445. The molecular weight excluding hydrogens is 281 g/mol. The monoisotopic (exact) mass is 298 g/mol. The van der Waals surface area contributed by atoms with Gasteiger partial charge < -0.3 is 10.6 Å². The van der Waals surface area contributed by atoms with Crippen LogP contribution in [0.1, 0.15) is 19.3 Å². The average molecular weight is 298 g/mol. The minimum Gasteiger partial charge on any atom is -0.369 e. The normalized spacial score (nSPS) is 11.6. The fraction of sp³-hybridized carbons (Fsp3) is 0.429. The van der Waals surface area contributed by atoms with Crippen molar-refractivity contribution < 1.29 is 13.2 Å². The van der Waals surface area contributed by atoms with Gasteiger partial charge in [-0.05, 0) is 25.0 Å². The van der Waals surface area contributed by atoms with Crippen molar-refractivity contribution in [2.24, 2.45) is 0 Å². The van der Waals surface area contributed by atoms with Gasteiger partial charge in [0.05, 0.1) is 5.52 Å². The van der Waals surface area contributed by atoms with Crippen LogP contribution in [0.4, 0.5) is 24.9 Å². The molecule has 1 aromatic carbocycles. The van der Waals surface area contributed by atoms with Crippen LogP contribution < -0.4 is 10.6 Å². The molecule has 4 nitrogen and oxygen atoms in total. The van der Waals surface area contributed by atoms with Gasteiger partial charge in [-0.1, -0.05) is 12.1 Å². The van der Waals surface area contributed by atoms with E-state index < -0.39 is 12.6 Å². The number of hydrogen-bond donors (Lipinski definition) is 2. The van der Waals surface area contributed by atoms with Gasteiger partial charge in [0.2, 0.25) is 5.95 Å². The van der Waals surface area contributed by atoms with Crippen molar-refractivity contribution in [2.45, 2.75) is 25.4 Å². The molecule has 0 bridgehead atoms. The predicted molar refractivity (Wildman–Crippen MR) is 77.5 cm³/mol. The van der Waals surface area contributed by atoms with Crippen LogP contribution in [-0.2, 0) is 0 Å². The Bertz CT molecular complexity index is 598. The lowest BCUT2D eigenvalue weighted by atomic mass is 10.2. The van der Waals surface area contributed by atoms with Crippen LogP contribution in [0.2, 0.25) is 0 Å². The highest BCUT2D eigenvalue weighted by atomic mass is 19.4. The molecule has 7 heteroatoms. The molecule has 0 amide bonds. The number of alkyl halides is 3. The van der Waals surface area contributed by atoms with Crippen LogP contribution in [-0.4, -0.2) is 29.7 Å². The van der Waals surface area contributed by atoms with Crippen molar-refractivity contribution in [1.82, 2.24) is 9.97 Å². The zero-order valence-corrected chi connectivity index (χ0v) is 11.7. The summed E-state index contributed by atoms with van der Waals surface area (Å²) in [5.41, 5.74) is 0.787. The van der Waals surface area contributed by atoms with Crippen molar-refractivity contribution in [3.8, 4) is 0 Å². The van der Waals surface area contributed by atoms with E-state index in [4.69, 9.17) is 0 Å². The van der Waals surface area contributed by atoms with E-state index in [1.54, 1.807) is 7.05 Å². The lowest BCUT2D eigenvalue weighted by Crippen LogP contribution is -2.10. The number of benzene rings is 1. The molecular formula is C14H17F3N4. The Kier molecular flexibility index (Phi) is 4.82. The fourth-order valence-corrected chi connectivity index (χ4v) is 1.98. The fourth-order valence-electron chi connectivity index (χ4n) is 1.98. The van der Waals surface area contributed by atoms with Gasteiger partial charge in [0.25, 0.3) is 0 Å². The molecule has 21 heavy (non-hydrogen) atoms. The maximum atomic E-state index is 12.1. The molecule has 0 spiro atoms. The van der Waals surface area contributed by atoms with E-state index >= 15 is 0 Å². The first-order chi connectivity index (χ1) is 9.99. The third-order valence-corrected chi connectivity index (χ3v) is 3.01. The third kappa shape index (κ3) is 4.47. The van der Waals surface area contributed by atoms with Gasteiger partial charge in [-0.2, -0.15) is 18.2 Å². The molecule has 0 saturated carbocycles. The predicted octanol–water partition coefficient (Wildman–Crippen LogP) is 3.82. The Balaban J connectivity index is 2.01. The SMILES string of the molecule is CNc1nc(NCCCCC(F)(F)F)c2ccccc2n1. The number of hydrogen-bond acceptors (Lipinski definition) is 4. The van der Waals surface area contributed by atoms with E-state index in [1.807, 2.05) is 24.3 Å². The Morgan fingerprint density at radius 2 is 1.86 bits per heavy atom. The molecule has 2 N–H and O–H groups in total. The first-order valence-corrected chi connectivity index (χ1v) is 6.75. The van der Waals surface area contributed by atoms with Gasteiger partial charge in [0, 0.05) is 25.4 Å². The Morgan fingerprint density at radius 1 is 1.10 bits per heavy atom. The van der Waals surface area contributed by atoms with Crippen LogP contribution >= 0.6 is 0 Å². The molecule has 114 valence electrons. The standard InChI is InChI=1S/C14H17F3N4/c1-18-13-20-11-7-3-2-6-10(11)12(21-13)19-9-5-4-8-14(15,16)17/h2-3,6-7H,4-5,8-9H2,1H3,(H2,18,19,20,21). The van der Waals surface area contributed by atoms with Crippen LogP contribution in [0.25, 0.3) is 10.9 Å². The van der Waals surface area contributed by atoms with E-state index in [2.05, 4.69) is 20.6 Å². The number of nitrogens with one attached hydrogen (secondary N) is 2. The minimum absolute atomic E-state index is 0.110. The molecule has 0 unspecified atom stereocenters. The molecule has 0 fully saturated rings. The van der Waals surface area contributed by atoms with E-state index in [9.17, 15) is 13.2 Å². The van der Waals surface area contributed by atoms with Crippen molar-refractivity contribution in [3.05, 3.63) is 24.3 Å². The maximum absolute atomic E-state index is 12.1. The second kappa shape index (κ2) is 6.60. The molecule has 2 aromatic rings. The quantitative estimate of drug-likeness (QED) is 0.796. The van der Waals surface area contributed by atoms with Gasteiger partial charge in [0.1, 0.15) is 5.82 Å². The summed E-state index contributed by atoms with van der Waals surface area (Å²) in [7, 11) is 1.72. The Labute approximate surface area is 120 Å². The van der Waals surface area contributed by atoms with Crippen molar-refractivity contribution in [2.75, 3.05) is 24.2 Å². The lowest BCUT2D eigenvalue weighted by molar-refractivity contribution is -0.135. The summed E-state index contributed by atoms with van der Waals surface area (Å²) < 4.78 is 36.2. The van der Waals surface area contributed by atoms with Crippen molar-refractivity contribution in [1.29, 1.82) is 0 Å². The highest BCUT2D eigenvalue weighted by Gasteiger charge is 2.25. The maximum Gasteiger partial charge on any atom is 0.389 e. The summed E-state index contributed by atoms with van der Waals surface area (Å²) in [6.07, 6.45) is -4.28. The molecule has 1 heterocycles. The number of halogens is 3. The second-order valence-corrected chi connectivity index (χ2v) is 4.66. The molecule has 0 aliphatic rings. The molecule has 0 saturated heterocycles. The lowest BCUT2D eigenvalue weighted by Gasteiger charge is -2.11. The number of para-hydroxylation sites is 1. The van der Waals surface area contributed by atoms with Crippen molar-refractivity contribution in [3.63, 3.8) is 0 Å². The number of nitrogens with zero attached hydrogens (tertiary/aromatic N) is 2. The Morgan fingerprint density at radius 3 is 2.57 bits per heavy atom. The van der Waals surface area contributed by atoms with Crippen LogP contribution in [0.15, 0.2) is 24.3 Å². The molecule has 1 aromatic heterocycles. The summed E-state index contributed by atoms with van der Waals surface area (Å²) >= 11 is 0. The van der Waals surface area contributed by atoms with E-state index in [0.717, 1.165) is 10.9 Å². The minimum atomic E-state index is -4.08. The van der Waals surface area contributed by atoms with E-state index in [1.165, 1.54) is 0 Å². The second-order valence-electron chi connectivity index (χ2n) is 4.66. The molecule has 0 aliphatic carbocycles. The highest BCUT2D eigenvalue weighted by Crippen LogP contribution is 2.23. The van der Waals surface area contributed by atoms with Crippen molar-refractivity contribution >= 4 is 22.7 Å². The zero-order valence-electron chi connectivity index (χ0n) is 11.7. The van der Waals surface area contributed by atoms with Gasteiger partial charge in [-0.3, -0.25) is 0 Å². The molecule has 0 atom stereocenters. The van der Waals surface area contributed by atoms with Gasteiger partial charge in [0.15, 0.2) is 0 Å². The smallest absolute Gasteiger partial charge is 0.369 e. The first-order valence-electron chi connectivity index (χ1n) is 6.75. The average Bonchev–Trinajstić information content (AvgIpc) is 2.45. The van der Waals surface area contributed by atoms with Gasteiger partial charge in [-0.25, -0.2) is 4.98 Å². The third-order valence-electron chi connectivity index (χ3n) is 3.01. The van der Waals surface area contributed by atoms with E-state index in [-0.39, 0.29) is 6.42 Å². The van der Waals surface area contributed by atoms with Crippen LogP contribution in [0.3, 0.4) is 0 Å². The number of aromatic nitrogens is 2. The summed E-state index contributed by atoms with van der Waals surface area (Å²) in [4.78, 5) is 8.63. The number of anilines is 2. The number of unbranched alkanes of at least 4 members (excludes halogenated alkanes) is 1. The van der Waals surface area contributed by atoms with Gasteiger partial charge >= 0.3 is 6.18 Å². The first kappa shape index (κ1) is 15.3. The number of rotatable bonds is 6. The topological polar surface area (TPSA) is 49.8 Å². The Hall–Kier alpha value is -2.05. The van der Waals surface area contributed by atoms with Crippen LogP contribution in [0.5, 0.6) is 0 Å². The molecule has 2 rings (SSSR count). The summed E-state index contributed by atoms with van der Waals surface area (Å²) in [5.74, 6) is 1.11. The van der Waals surface area contributed by atoms with Gasteiger partial charge in [-0.15, -0.1) is 0 Å². The highest BCUT2D eigenvalue weighted by molar-refractivity contribution is 5.89. The summed E-state index contributed by atoms with van der Waals surface area (Å²) in [5, 5.41) is 6.81. The zero-order chi connectivity index (χ0) is 15.3. The number of fused-ring (bicyclic) bond motifs is 1. The largest absolute Gasteiger partial charge is 0.389 e. The molecule has 0 radical (unpaired) electrons. The van der Waals surface area contributed by atoms with Crippen LogP contribution in [0, 0.1) is 0 Å². The summed E-state index contributed by atoms with van der Waals surface area (Å²) in [6, 6.07) is 7.50. The van der Waals surface area contributed by atoms with E-state index in [0.29, 0.717) is 24.7 Å².